The highest BCUT2D eigenvalue weighted by Gasteiger charge is 2.22. The van der Waals surface area contributed by atoms with E-state index < -0.39 is 0 Å². The minimum absolute atomic E-state index is 0. The number of rotatable bonds is 10. The standard InChI is InChI=1S/C18H35N7O.HI/c1-5-25-11-7-9-16(25)13-20-18(19-10-8-12-26-6-2)21-14-17-23-22-15(3)24(17)4;/h16H,5-14H2,1-4H3,(H2,19,20,21);1H. The third-order valence-corrected chi connectivity index (χ3v) is 4.93. The quantitative estimate of drug-likeness (QED) is 0.224. The maximum absolute atomic E-state index is 5.40. The van der Waals surface area contributed by atoms with Gasteiger partial charge < -0.3 is 19.9 Å². The van der Waals surface area contributed by atoms with Gasteiger partial charge in [0, 0.05) is 39.4 Å². The van der Waals surface area contributed by atoms with Gasteiger partial charge in [-0.2, -0.15) is 0 Å². The van der Waals surface area contributed by atoms with Crippen molar-refractivity contribution in [2.24, 2.45) is 12.0 Å². The van der Waals surface area contributed by atoms with Gasteiger partial charge in [-0.15, -0.1) is 34.2 Å². The molecule has 0 radical (unpaired) electrons. The number of aromatic nitrogens is 3. The van der Waals surface area contributed by atoms with Gasteiger partial charge in [0.25, 0.3) is 0 Å². The summed E-state index contributed by atoms with van der Waals surface area (Å²) in [5.41, 5.74) is 0. The number of aryl methyl sites for hydroxylation is 1. The fourth-order valence-electron chi connectivity index (χ4n) is 3.20. The summed E-state index contributed by atoms with van der Waals surface area (Å²) in [5.74, 6) is 2.61. The highest BCUT2D eigenvalue weighted by Crippen LogP contribution is 2.15. The Kier molecular flexibility index (Phi) is 11.8. The van der Waals surface area contributed by atoms with E-state index >= 15 is 0 Å². The summed E-state index contributed by atoms with van der Waals surface area (Å²) in [5, 5.41) is 15.2. The van der Waals surface area contributed by atoms with Crippen LogP contribution in [0.15, 0.2) is 4.99 Å². The number of nitrogens with one attached hydrogen (secondary N) is 2. The first-order valence-corrected chi connectivity index (χ1v) is 9.84. The van der Waals surface area contributed by atoms with E-state index in [9.17, 15) is 0 Å². The minimum atomic E-state index is 0. The van der Waals surface area contributed by atoms with Crippen LogP contribution in [-0.2, 0) is 18.3 Å². The second kappa shape index (κ2) is 13.3. The molecule has 1 aromatic rings. The lowest BCUT2D eigenvalue weighted by Crippen LogP contribution is -2.45. The van der Waals surface area contributed by atoms with Crippen molar-refractivity contribution in [2.75, 3.05) is 39.4 Å². The zero-order valence-electron chi connectivity index (χ0n) is 17.2. The molecule has 0 amide bonds. The van der Waals surface area contributed by atoms with Crippen LogP contribution in [0, 0.1) is 6.92 Å². The van der Waals surface area contributed by atoms with Crippen molar-refractivity contribution in [3.05, 3.63) is 11.6 Å². The fraction of sp³-hybridized carbons (Fsp3) is 0.833. The van der Waals surface area contributed by atoms with Crippen molar-refractivity contribution in [1.82, 2.24) is 30.3 Å². The van der Waals surface area contributed by atoms with Gasteiger partial charge in [0.15, 0.2) is 11.8 Å². The molecule has 0 saturated carbocycles. The van der Waals surface area contributed by atoms with Crippen molar-refractivity contribution in [3.8, 4) is 0 Å². The molecule has 1 aliphatic rings. The zero-order valence-corrected chi connectivity index (χ0v) is 19.5. The molecule has 9 heteroatoms. The summed E-state index contributed by atoms with van der Waals surface area (Å²) < 4.78 is 7.38. The first kappa shape index (κ1) is 24.1. The average molecular weight is 493 g/mol. The Labute approximate surface area is 180 Å². The van der Waals surface area contributed by atoms with Gasteiger partial charge in [0.2, 0.25) is 0 Å². The lowest BCUT2D eigenvalue weighted by atomic mass is 10.2. The molecule has 2 rings (SSSR count). The van der Waals surface area contributed by atoms with Crippen LogP contribution in [0.25, 0.3) is 0 Å². The van der Waals surface area contributed by atoms with Crippen LogP contribution in [0.2, 0.25) is 0 Å². The molecule has 27 heavy (non-hydrogen) atoms. The van der Waals surface area contributed by atoms with Gasteiger partial charge in [-0.1, -0.05) is 6.92 Å². The van der Waals surface area contributed by atoms with E-state index in [4.69, 9.17) is 9.73 Å². The van der Waals surface area contributed by atoms with Crippen molar-refractivity contribution in [3.63, 3.8) is 0 Å². The Morgan fingerprint density at radius 2 is 2.11 bits per heavy atom. The normalized spacial score (nSPS) is 17.8. The SMILES string of the molecule is CCOCCCNC(=NCc1nnc(C)n1C)NCC1CCCN1CC.I. The van der Waals surface area contributed by atoms with E-state index in [0.29, 0.717) is 12.6 Å². The van der Waals surface area contributed by atoms with Crippen LogP contribution in [0.4, 0.5) is 0 Å². The van der Waals surface area contributed by atoms with Crippen LogP contribution in [0.3, 0.4) is 0 Å². The van der Waals surface area contributed by atoms with Crippen LogP contribution in [-0.4, -0.2) is 71.1 Å². The van der Waals surface area contributed by atoms with E-state index in [-0.39, 0.29) is 24.0 Å². The second-order valence-corrected chi connectivity index (χ2v) is 6.67. The number of aliphatic imine (C=N–C) groups is 1. The Bertz CT molecular complexity index is 564. The highest BCUT2D eigenvalue weighted by molar-refractivity contribution is 14.0. The zero-order chi connectivity index (χ0) is 18.8. The molecule has 1 saturated heterocycles. The van der Waals surface area contributed by atoms with E-state index in [2.05, 4.69) is 32.7 Å². The van der Waals surface area contributed by atoms with Crippen LogP contribution < -0.4 is 10.6 Å². The molecular weight excluding hydrogens is 457 g/mol. The third kappa shape index (κ3) is 7.90. The van der Waals surface area contributed by atoms with Crippen LogP contribution in [0.5, 0.6) is 0 Å². The molecule has 156 valence electrons. The molecular formula is C18H36IN7O. The number of nitrogens with zero attached hydrogens (tertiary/aromatic N) is 5. The van der Waals surface area contributed by atoms with Gasteiger partial charge in [0.05, 0.1) is 0 Å². The van der Waals surface area contributed by atoms with Gasteiger partial charge in [-0.25, -0.2) is 4.99 Å². The molecule has 1 unspecified atom stereocenters. The number of hydrogen-bond acceptors (Lipinski definition) is 5. The molecule has 1 fully saturated rings. The summed E-state index contributed by atoms with van der Waals surface area (Å²) in [6, 6.07) is 0.590. The smallest absolute Gasteiger partial charge is 0.191 e. The van der Waals surface area contributed by atoms with Crippen molar-refractivity contribution < 1.29 is 4.74 Å². The maximum Gasteiger partial charge on any atom is 0.191 e. The number of likely N-dealkylation sites (N-methyl/N-ethyl adjacent to an activating group) is 1. The Morgan fingerprint density at radius 3 is 2.78 bits per heavy atom. The Morgan fingerprint density at radius 1 is 1.30 bits per heavy atom. The summed E-state index contributed by atoms with van der Waals surface area (Å²) in [7, 11) is 1.97. The molecule has 1 atom stereocenters. The number of ether oxygens (including phenoxy) is 1. The predicted molar refractivity (Wildman–Crippen MR) is 120 cm³/mol. The van der Waals surface area contributed by atoms with Crippen molar-refractivity contribution in [1.29, 1.82) is 0 Å². The molecule has 2 N–H and O–H groups in total. The molecule has 2 heterocycles. The van der Waals surface area contributed by atoms with E-state index in [1.54, 1.807) is 0 Å². The van der Waals surface area contributed by atoms with Crippen molar-refractivity contribution in [2.45, 2.75) is 52.6 Å². The van der Waals surface area contributed by atoms with Crippen molar-refractivity contribution >= 4 is 29.9 Å². The summed E-state index contributed by atoms with van der Waals surface area (Å²) in [6.07, 6.45) is 3.50. The number of halogens is 1. The molecule has 0 bridgehead atoms. The number of likely N-dealkylation sites (tertiary alicyclic amines) is 1. The first-order chi connectivity index (χ1) is 12.7. The van der Waals surface area contributed by atoms with Gasteiger partial charge in [0.1, 0.15) is 12.4 Å². The first-order valence-electron chi connectivity index (χ1n) is 9.84. The van der Waals surface area contributed by atoms with Gasteiger partial charge in [-0.3, -0.25) is 4.90 Å². The molecule has 0 aromatic carbocycles. The van der Waals surface area contributed by atoms with E-state index in [1.807, 2.05) is 25.5 Å². The summed E-state index contributed by atoms with van der Waals surface area (Å²) in [6.45, 7) is 12.3. The molecule has 0 spiro atoms. The second-order valence-electron chi connectivity index (χ2n) is 6.67. The lowest BCUT2D eigenvalue weighted by Gasteiger charge is -2.24. The lowest BCUT2D eigenvalue weighted by molar-refractivity contribution is 0.145. The number of hydrogen-bond donors (Lipinski definition) is 2. The van der Waals surface area contributed by atoms with Crippen LogP contribution >= 0.6 is 24.0 Å². The predicted octanol–water partition coefficient (Wildman–Crippen LogP) is 1.69. The Hall–Kier alpha value is -0.940. The third-order valence-electron chi connectivity index (χ3n) is 4.93. The van der Waals surface area contributed by atoms with E-state index in [0.717, 1.165) is 56.9 Å². The average Bonchev–Trinajstić information content (AvgIpc) is 3.23. The van der Waals surface area contributed by atoms with E-state index in [1.165, 1.54) is 19.4 Å². The Balaban J connectivity index is 0.00000364. The molecule has 0 aliphatic carbocycles. The fourth-order valence-corrected chi connectivity index (χ4v) is 3.20. The maximum atomic E-state index is 5.40. The molecule has 1 aromatic heterocycles. The minimum Gasteiger partial charge on any atom is -0.382 e. The monoisotopic (exact) mass is 493 g/mol. The molecule has 1 aliphatic heterocycles. The summed E-state index contributed by atoms with van der Waals surface area (Å²) in [4.78, 5) is 7.24. The largest absolute Gasteiger partial charge is 0.382 e. The molecule has 8 nitrogen and oxygen atoms in total. The summed E-state index contributed by atoms with van der Waals surface area (Å²) >= 11 is 0. The number of guanidine groups is 1. The highest BCUT2D eigenvalue weighted by atomic mass is 127. The van der Waals surface area contributed by atoms with Gasteiger partial charge in [-0.05, 0) is 46.2 Å². The van der Waals surface area contributed by atoms with Crippen LogP contribution in [0.1, 0.15) is 44.8 Å². The topological polar surface area (TPSA) is 79.6 Å². The van der Waals surface area contributed by atoms with Gasteiger partial charge >= 0.3 is 0 Å².